The third-order valence-electron chi connectivity index (χ3n) is 3.30. The normalized spacial score (nSPS) is 18.9. The second kappa shape index (κ2) is 3.05. The summed E-state index contributed by atoms with van der Waals surface area (Å²) in [7, 11) is 0. The van der Waals surface area contributed by atoms with Crippen LogP contribution in [0.3, 0.4) is 0 Å². The van der Waals surface area contributed by atoms with E-state index in [2.05, 4.69) is 4.98 Å². The topological polar surface area (TPSA) is 50.2 Å². The lowest BCUT2D eigenvalue weighted by Gasteiger charge is -2.07. The zero-order chi connectivity index (χ0) is 10.4. The van der Waals surface area contributed by atoms with Crippen LogP contribution in [-0.4, -0.2) is 16.1 Å². The number of fused-ring (bicyclic) bond motifs is 1. The molecule has 1 N–H and O–H groups in total. The van der Waals surface area contributed by atoms with Gasteiger partial charge in [0.2, 0.25) is 0 Å². The Bertz CT molecular complexity index is 435. The van der Waals surface area contributed by atoms with Crippen LogP contribution < -0.4 is 0 Å². The second-order valence-corrected chi connectivity index (χ2v) is 4.45. The first-order valence-corrected chi connectivity index (χ1v) is 5.51. The molecule has 15 heavy (non-hydrogen) atoms. The number of hydrogen-bond donors (Lipinski definition) is 1. The number of aromatic nitrogens is 1. The van der Waals surface area contributed by atoms with Crippen LogP contribution >= 0.6 is 0 Å². The fraction of sp³-hybridized carbons (Fsp3) is 0.500. The highest BCUT2D eigenvalue weighted by Crippen LogP contribution is 2.40. The second-order valence-electron chi connectivity index (χ2n) is 4.45. The molecule has 0 amide bonds. The summed E-state index contributed by atoms with van der Waals surface area (Å²) in [6.07, 6.45) is 5.23. The zero-order valence-electron chi connectivity index (χ0n) is 8.49. The SMILES string of the molecule is O=C(O)c1cc(C2CC2)nc2c1CCC2. The van der Waals surface area contributed by atoms with E-state index in [9.17, 15) is 4.79 Å². The van der Waals surface area contributed by atoms with E-state index >= 15 is 0 Å². The van der Waals surface area contributed by atoms with Crippen LogP contribution in [-0.2, 0) is 12.8 Å². The van der Waals surface area contributed by atoms with Gasteiger partial charge in [-0.05, 0) is 43.7 Å². The molecule has 2 aliphatic carbocycles. The van der Waals surface area contributed by atoms with Gasteiger partial charge in [0.15, 0.2) is 0 Å². The number of aryl methyl sites for hydroxylation is 1. The van der Waals surface area contributed by atoms with Gasteiger partial charge in [0.05, 0.1) is 5.56 Å². The van der Waals surface area contributed by atoms with Gasteiger partial charge < -0.3 is 5.11 Å². The smallest absolute Gasteiger partial charge is 0.336 e. The van der Waals surface area contributed by atoms with Gasteiger partial charge in [0, 0.05) is 17.3 Å². The maximum Gasteiger partial charge on any atom is 0.336 e. The van der Waals surface area contributed by atoms with Gasteiger partial charge in [0.25, 0.3) is 0 Å². The number of carboxylic acid groups (broad SMARTS) is 1. The summed E-state index contributed by atoms with van der Waals surface area (Å²) in [4.78, 5) is 15.7. The van der Waals surface area contributed by atoms with Gasteiger partial charge in [-0.15, -0.1) is 0 Å². The third-order valence-corrected chi connectivity index (χ3v) is 3.30. The molecule has 3 rings (SSSR count). The van der Waals surface area contributed by atoms with Crippen LogP contribution in [0.2, 0.25) is 0 Å². The Labute approximate surface area is 88.1 Å². The van der Waals surface area contributed by atoms with E-state index in [0.29, 0.717) is 11.5 Å². The van der Waals surface area contributed by atoms with Crippen LogP contribution in [0, 0.1) is 0 Å². The summed E-state index contributed by atoms with van der Waals surface area (Å²) >= 11 is 0. The lowest BCUT2D eigenvalue weighted by atomic mass is 10.1. The molecule has 2 aliphatic rings. The summed E-state index contributed by atoms with van der Waals surface area (Å²) in [6, 6.07) is 1.80. The van der Waals surface area contributed by atoms with Crippen molar-refractivity contribution in [3.8, 4) is 0 Å². The Hall–Kier alpha value is -1.38. The maximum absolute atomic E-state index is 11.1. The monoisotopic (exact) mass is 203 g/mol. The van der Waals surface area contributed by atoms with Crippen molar-refractivity contribution in [2.75, 3.05) is 0 Å². The number of nitrogens with zero attached hydrogens (tertiary/aromatic N) is 1. The highest BCUT2D eigenvalue weighted by molar-refractivity contribution is 5.90. The highest BCUT2D eigenvalue weighted by Gasteiger charge is 2.29. The van der Waals surface area contributed by atoms with Gasteiger partial charge in [-0.25, -0.2) is 4.79 Å². The molecule has 0 saturated heterocycles. The first-order chi connectivity index (χ1) is 7.25. The molecule has 1 saturated carbocycles. The van der Waals surface area contributed by atoms with Crippen molar-refractivity contribution in [3.05, 3.63) is 28.6 Å². The molecule has 3 heteroatoms. The quantitative estimate of drug-likeness (QED) is 0.801. The minimum Gasteiger partial charge on any atom is -0.478 e. The standard InChI is InChI=1S/C12H13NO2/c14-12(15)9-6-11(7-4-5-7)13-10-3-1-2-8(9)10/h6-7H,1-5H2,(H,14,15). The highest BCUT2D eigenvalue weighted by atomic mass is 16.4. The van der Waals surface area contributed by atoms with Gasteiger partial charge >= 0.3 is 5.97 Å². The number of rotatable bonds is 2. The average molecular weight is 203 g/mol. The van der Waals surface area contributed by atoms with E-state index < -0.39 is 5.97 Å². The van der Waals surface area contributed by atoms with Gasteiger partial charge in [0.1, 0.15) is 0 Å². The molecule has 1 aromatic rings. The Morgan fingerprint density at radius 2 is 2.20 bits per heavy atom. The molecule has 0 spiro atoms. The number of aromatic carboxylic acids is 1. The molecule has 0 unspecified atom stereocenters. The van der Waals surface area contributed by atoms with Crippen LogP contribution in [0.15, 0.2) is 6.07 Å². The summed E-state index contributed by atoms with van der Waals surface area (Å²) in [5.74, 6) is -0.258. The van der Waals surface area contributed by atoms with E-state index in [1.54, 1.807) is 6.07 Å². The molecule has 0 aliphatic heterocycles. The average Bonchev–Trinajstić information content (AvgIpc) is 2.95. The molecular formula is C12H13NO2. The van der Waals surface area contributed by atoms with E-state index in [4.69, 9.17) is 5.11 Å². The molecule has 0 atom stereocenters. The van der Waals surface area contributed by atoms with E-state index in [1.165, 1.54) is 12.8 Å². The molecule has 0 bridgehead atoms. The molecule has 1 aromatic heterocycles. The zero-order valence-corrected chi connectivity index (χ0v) is 8.49. The molecule has 3 nitrogen and oxygen atoms in total. The van der Waals surface area contributed by atoms with Crippen molar-refractivity contribution in [1.29, 1.82) is 0 Å². The number of pyridine rings is 1. The maximum atomic E-state index is 11.1. The van der Waals surface area contributed by atoms with Crippen molar-refractivity contribution < 1.29 is 9.90 Å². The number of carboxylic acids is 1. The van der Waals surface area contributed by atoms with E-state index in [-0.39, 0.29) is 0 Å². The lowest BCUT2D eigenvalue weighted by Crippen LogP contribution is -2.06. The molecule has 0 aromatic carbocycles. The van der Waals surface area contributed by atoms with Crippen molar-refractivity contribution in [2.24, 2.45) is 0 Å². The minimum atomic E-state index is -0.794. The molecule has 78 valence electrons. The number of hydrogen-bond acceptors (Lipinski definition) is 2. The van der Waals surface area contributed by atoms with Crippen LogP contribution in [0.25, 0.3) is 0 Å². The summed E-state index contributed by atoms with van der Waals surface area (Å²) in [6.45, 7) is 0. The van der Waals surface area contributed by atoms with Gasteiger partial charge in [-0.3, -0.25) is 4.98 Å². The molecule has 1 heterocycles. The predicted octanol–water partition coefficient (Wildman–Crippen LogP) is 2.15. The number of carbonyl (C=O) groups is 1. The van der Waals surface area contributed by atoms with Crippen molar-refractivity contribution in [1.82, 2.24) is 4.98 Å². The summed E-state index contributed by atoms with van der Waals surface area (Å²) < 4.78 is 0. The van der Waals surface area contributed by atoms with Gasteiger partial charge in [-0.1, -0.05) is 0 Å². The fourth-order valence-electron chi connectivity index (χ4n) is 2.34. The first-order valence-electron chi connectivity index (χ1n) is 5.51. The Morgan fingerprint density at radius 1 is 1.40 bits per heavy atom. The molecule has 1 fully saturated rings. The van der Waals surface area contributed by atoms with Gasteiger partial charge in [-0.2, -0.15) is 0 Å². The van der Waals surface area contributed by atoms with Crippen molar-refractivity contribution in [3.63, 3.8) is 0 Å². The van der Waals surface area contributed by atoms with Crippen LogP contribution in [0.5, 0.6) is 0 Å². The molecular weight excluding hydrogens is 190 g/mol. The Balaban J connectivity index is 2.14. The van der Waals surface area contributed by atoms with E-state index in [0.717, 1.165) is 36.2 Å². The van der Waals surface area contributed by atoms with Crippen molar-refractivity contribution >= 4 is 5.97 Å². The Morgan fingerprint density at radius 3 is 2.87 bits per heavy atom. The van der Waals surface area contributed by atoms with E-state index in [1.807, 2.05) is 0 Å². The minimum absolute atomic E-state index is 0.499. The summed E-state index contributed by atoms with van der Waals surface area (Å²) in [5, 5.41) is 9.15. The Kier molecular flexibility index (Phi) is 1.81. The fourth-order valence-corrected chi connectivity index (χ4v) is 2.34. The lowest BCUT2D eigenvalue weighted by molar-refractivity contribution is 0.0695. The largest absolute Gasteiger partial charge is 0.478 e. The predicted molar refractivity (Wildman–Crippen MR) is 55.2 cm³/mol. The molecule has 0 radical (unpaired) electrons. The van der Waals surface area contributed by atoms with Crippen LogP contribution in [0.4, 0.5) is 0 Å². The first kappa shape index (κ1) is 8.89. The van der Waals surface area contributed by atoms with Crippen molar-refractivity contribution in [2.45, 2.75) is 38.0 Å². The third kappa shape index (κ3) is 1.42. The van der Waals surface area contributed by atoms with Crippen LogP contribution in [0.1, 0.15) is 52.5 Å². The summed E-state index contributed by atoms with van der Waals surface area (Å²) in [5.41, 5.74) is 3.52.